The van der Waals surface area contributed by atoms with Gasteiger partial charge in [0.25, 0.3) is 5.56 Å². The van der Waals surface area contributed by atoms with Crippen molar-refractivity contribution in [3.8, 4) is 5.82 Å². The lowest BCUT2D eigenvalue weighted by Crippen LogP contribution is -2.14. The molecule has 0 fully saturated rings. The van der Waals surface area contributed by atoms with E-state index in [9.17, 15) is 4.79 Å². The molecule has 1 N–H and O–H groups in total. The van der Waals surface area contributed by atoms with Crippen LogP contribution < -0.4 is 5.56 Å². The first-order chi connectivity index (χ1) is 5.88. The molecule has 0 amide bonds. The van der Waals surface area contributed by atoms with E-state index in [0.29, 0.717) is 5.82 Å². The maximum absolute atomic E-state index is 11.1. The molecule has 0 spiro atoms. The molecule has 0 radical (unpaired) electrons. The number of H-pyrrole nitrogens is 1. The summed E-state index contributed by atoms with van der Waals surface area (Å²) in [7, 11) is 0. The van der Waals surface area contributed by atoms with Crippen LogP contribution in [0.2, 0.25) is 0 Å². The Morgan fingerprint density at radius 2 is 2.33 bits per heavy atom. The predicted octanol–water partition coefficient (Wildman–Crippen LogP) is -0.0444. The lowest BCUT2D eigenvalue weighted by atomic mass is 10.6. The van der Waals surface area contributed by atoms with Crippen LogP contribution in [0.15, 0.2) is 35.6 Å². The molecule has 0 aliphatic carbocycles. The Hall–Kier alpha value is -1.91. The van der Waals surface area contributed by atoms with E-state index in [-0.39, 0.29) is 5.56 Å². The molecule has 0 aromatic carbocycles. The van der Waals surface area contributed by atoms with E-state index in [1.54, 1.807) is 12.4 Å². The fraction of sp³-hybridized carbons (Fsp3) is 0. The quantitative estimate of drug-likeness (QED) is 0.639. The molecular weight excluding hydrogens is 156 g/mol. The summed E-state index contributed by atoms with van der Waals surface area (Å²) in [5.74, 6) is 0.493. The summed E-state index contributed by atoms with van der Waals surface area (Å²) >= 11 is 0. The Bertz CT molecular complexity index is 416. The molecule has 2 aromatic rings. The van der Waals surface area contributed by atoms with E-state index < -0.39 is 0 Å². The Morgan fingerprint density at radius 1 is 1.42 bits per heavy atom. The lowest BCUT2D eigenvalue weighted by molar-refractivity contribution is 0.811. The largest absolute Gasteiger partial charge is 0.297 e. The first kappa shape index (κ1) is 6.78. The highest BCUT2D eigenvalue weighted by Gasteiger charge is 1.98. The van der Waals surface area contributed by atoms with Gasteiger partial charge in [0.1, 0.15) is 0 Å². The first-order valence-electron chi connectivity index (χ1n) is 3.41. The Kier molecular flexibility index (Phi) is 1.48. The number of hydrogen-bond acceptors (Lipinski definition) is 3. The van der Waals surface area contributed by atoms with Crippen molar-refractivity contribution in [2.45, 2.75) is 0 Å². The molecule has 60 valence electrons. The average Bonchev–Trinajstić information content (AvgIpc) is 2.53. The highest BCUT2D eigenvalue weighted by atomic mass is 16.1. The first-order valence-corrected chi connectivity index (χ1v) is 3.41. The van der Waals surface area contributed by atoms with Gasteiger partial charge in [-0.05, 0) is 0 Å². The summed E-state index contributed by atoms with van der Waals surface area (Å²) < 4.78 is 1.31. The maximum atomic E-state index is 11.1. The Morgan fingerprint density at radius 3 is 2.92 bits per heavy atom. The number of rotatable bonds is 1. The number of aromatic nitrogens is 4. The number of nitrogens with one attached hydrogen (secondary N) is 1. The van der Waals surface area contributed by atoms with Gasteiger partial charge in [-0.25, -0.2) is 9.67 Å². The summed E-state index contributed by atoms with van der Waals surface area (Å²) in [6.45, 7) is 0. The summed E-state index contributed by atoms with van der Waals surface area (Å²) in [5.41, 5.74) is -0.143. The minimum Gasteiger partial charge on any atom is -0.297 e. The van der Waals surface area contributed by atoms with Crippen LogP contribution in [-0.4, -0.2) is 19.7 Å². The second-order valence-corrected chi connectivity index (χ2v) is 2.20. The predicted molar refractivity (Wildman–Crippen MR) is 42.0 cm³/mol. The third-order valence-electron chi connectivity index (χ3n) is 1.43. The summed E-state index contributed by atoms with van der Waals surface area (Å²) in [5, 5.41) is 2.72. The van der Waals surface area contributed by atoms with Gasteiger partial charge in [0.2, 0.25) is 0 Å². The molecule has 2 aromatic heterocycles. The summed E-state index contributed by atoms with van der Waals surface area (Å²) in [4.78, 5) is 18.9. The van der Waals surface area contributed by atoms with Gasteiger partial charge in [-0.2, -0.15) is 0 Å². The van der Waals surface area contributed by atoms with Crippen LogP contribution in [0.1, 0.15) is 0 Å². The molecule has 0 atom stereocenters. The molecule has 0 aliphatic rings. The summed E-state index contributed by atoms with van der Waals surface area (Å²) in [6, 6.07) is 1.43. The van der Waals surface area contributed by atoms with E-state index >= 15 is 0 Å². The van der Waals surface area contributed by atoms with Gasteiger partial charge in [-0.15, -0.1) is 0 Å². The lowest BCUT2D eigenvalue weighted by Gasteiger charge is -1.96. The van der Waals surface area contributed by atoms with Gasteiger partial charge < -0.3 is 0 Å². The van der Waals surface area contributed by atoms with E-state index in [1.165, 1.54) is 23.1 Å². The minimum atomic E-state index is -0.143. The van der Waals surface area contributed by atoms with Crippen LogP contribution in [0, 0.1) is 0 Å². The third-order valence-corrected chi connectivity index (χ3v) is 1.43. The molecular formula is C7H6N4O. The van der Waals surface area contributed by atoms with Crippen LogP contribution >= 0.6 is 0 Å². The zero-order valence-corrected chi connectivity index (χ0v) is 6.14. The van der Waals surface area contributed by atoms with Crippen LogP contribution in [0.3, 0.4) is 0 Å². The number of aromatic amines is 1. The van der Waals surface area contributed by atoms with Crippen LogP contribution in [-0.2, 0) is 0 Å². The van der Waals surface area contributed by atoms with E-state index in [0.717, 1.165) is 0 Å². The van der Waals surface area contributed by atoms with E-state index in [4.69, 9.17) is 0 Å². The van der Waals surface area contributed by atoms with Crippen molar-refractivity contribution in [3.05, 3.63) is 41.2 Å². The molecule has 0 saturated heterocycles. The smallest absolute Gasteiger partial charge is 0.272 e. The fourth-order valence-electron chi connectivity index (χ4n) is 0.907. The van der Waals surface area contributed by atoms with Crippen molar-refractivity contribution in [1.82, 2.24) is 19.7 Å². The molecule has 12 heavy (non-hydrogen) atoms. The van der Waals surface area contributed by atoms with Crippen molar-refractivity contribution >= 4 is 0 Å². The summed E-state index contributed by atoms with van der Waals surface area (Å²) in [6.07, 6.45) is 6.15. The molecule has 0 unspecified atom stereocenters. The van der Waals surface area contributed by atoms with Crippen molar-refractivity contribution in [3.63, 3.8) is 0 Å². The van der Waals surface area contributed by atoms with Crippen LogP contribution in [0.25, 0.3) is 5.82 Å². The monoisotopic (exact) mass is 162 g/mol. The third kappa shape index (κ3) is 1.01. The molecule has 2 rings (SSSR count). The molecule has 0 aliphatic heterocycles. The Balaban J connectivity index is 2.59. The normalized spacial score (nSPS) is 10.0. The van der Waals surface area contributed by atoms with Gasteiger partial charge in [-0.1, -0.05) is 0 Å². The zero-order valence-electron chi connectivity index (χ0n) is 6.14. The van der Waals surface area contributed by atoms with Gasteiger partial charge >= 0.3 is 0 Å². The van der Waals surface area contributed by atoms with Gasteiger partial charge in [0, 0.05) is 24.7 Å². The topological polar surface area (TPSA) is 63.6 Å². The SMILES string of the molecule is O=c1cc[nH]n1-c1cnccn1. The molecule has 2 heterocycles. The second kappa shape index (κ2) is 2.61. The van der Waals surface area contributed by atoms with Crippen LogP contribution in [0.5, 0.6) is 0 Å². The average molecular weight is 162 g/mol. The number of nitrogens with zero attached hydrogens (tertiary/aromatic N) is 3. The highest BCUT2D eigenvalue weighted by Crippen LogP contribution is 1.92. The zero-order chi connectivity index (χ0) is 8.39. The molecule has 5 heteroatoms. The van der Waals surface area contributed by atoms with Gasteiger partial charge in [0.05, 0.1) is 6.20 Å². The van der Waals surface area contributed by atoms with Crippen molar-refractivity contribution in [1.29, 1.82) is 0 Å². The Labute approximate surface area is 67.7 Å². The highest BCUT2D eigenvalue weighted by molar-refractivity contribution is 5.14. The van der Waals surface area contributed by atoms with Gasteiger partial charge in [-0.3, -0.25) is 14.9 Å². The fourth-order valence-corrected chi connectivity index (χ4v) is 0.907. The van der Waals surface area contributed by atoms with Crippen LogP contribution in [0.4, 0.5) is 0 Å². The van der Waals surface area contributed by atoms with E-state index in [2.05, 4.69) is 15.1 Å². The molecule has 5 nitrogen and oxygen atoms in total. The maximum Gasteiger partial charge on any atom is 0.272 e. The molecule has 0 bridgehead atoms. The second-order valence-electron chi connectivity index (χ2n) is 2.20. The van der Waals surface area contributed by atoms with Crippen molar-refractivity contribution in [2.75, 3.05) is 0 Å². The van der Waals surface area contributed by atoms with Crippen molar-refractivity contribution in [2.24, 2.45) is 0 Å². The standard InChI is InChI=1S/C7H6N4O/c12-7-1-2-10-11(7)6-5-8-3-4-9-6/h1-5,10H. The van der Waals surface area contributed by atoms with Gasteiger partial charge in [0.15, 0.2) is 5.82 Å². The van der Waals surface area contributed by atoms with E-state index in [1.807, 2.05) is 0 Å². The molecule has 0 saturated carbocycles. The number of hydrogen-bond donors (Lipinski definition) is 1. The van der Waals surface area contributed by atoms with Crippen molar-refractivity contribution < 1.29 is 0 Å². The minimum absolute atomic E-state index is 0.143.